The van der Waals surface area contributed by atoms with Crippen molar-refractivity contribution in [2.45, 2.75) is 115 Å². The average molecular weight is 1130 g/mol. The fourth-order valence-corrected chi connectivity index (χ4v) is 12.1. The Bertz CT molecular complexity index is 3380. The molecule has 6 N–H and O–H groups in total. The topological polar surface area (TPSA) is 241 Å². The fourth-order valence-electron chi connectivity index (χ4n) is 10.4. The number of carbonyl (C=O) groups is 4. The number of aromatic nitrogens is 6. The number of hydrogen-bond donors (Lipinski definition) is 6. The van der Waals surface area contributed by atoms with Crippen LogP contribution in [0.25, 0.3) is 11.4 Å². The Hall–Kier alpha value is -7.72. The number of hydrogen-bond acceptors (Lipinski definition) is 16. The van der Waals surface area contributed by atoms with E-state index in [4.69, 9.17) is 4.98 Å². The van der Waals surface area contributed by atoms with Crippen molar-refractivity contribution in [3.05, 3.63) is 190 Å². The summed E-state index contributed by atoms with van der Waals surface area (Å²) in [6.45, 7) is 11.2. The summed E-state index contributed by atoms with van der Waals surface area (Å²) in [5.41, 5.74) is 9.02. The lowest BCUT2D eigenvalue weighted by Gasteiger charge is -2.38. The number of fused-ring (bicyclic) bond motifs is 2. The molecular formula is C61H68N10O8S2. The SMILES string of the molecule is CC(C)Nc1nc([C@H]2c3ccccc3CCN2C(=O)[C@H](O)[C@@H](O)C(=O)C[C@H](C)c2ccc(-n3cccn3)cc2)cs1.CCNc1nc([C@H]2c3ccccc3CCN2C(=O)[C@H](O)[C@@H](O)C(=O)C[C@H](C)c2ccc(-n3cccn3)cc2)cs1. The molecule has 81 heavy (non-hydrogen) atoms. The van der Waals surface area contributed by atoms with Gasteiger partial charge < -0.3 is 40.9 Å². The van der Waals surface area contributed by atoms with Gasteiger partial charge in [0.25, 0.3) is 11.8 Å². The average Bonchev–Trinajstić information content (AvgIpc) is 4.44. The molecule has 2 aliphatic rings. The Morgan fingerprint density at radius 1 is 0.568 bits per heavy atom. The third-order valence-electron chi connectivity index (χ3n) is 14.7. The van der Waals surface area contributed by atoms with Crippen LogP contribution in [-0.2, 0) is 32.0 Å². The van der Waals surface area contributed by atoms with Gasteiger partial charge >= 0.3 is 0 Å². The van der Waals surface area contributed by atoms with Crippen LogP contribution in [0.1, 0.15) is 116 Å². The van der Waals surface area contributed by atoms with Gasteiger partial charge in [0.1, 0.15) is 24.3 Å². The normalized spacial score (nSPS) is 17.1. The summed E-state index contributed by atoms with van der Waals surface area (Å²) in [7, 11) is 0. The van der Waals surface area contributed by atoms with Crippen molar-refractivity contribution >= 4 is 56.3 Å². The number of rotatable bonds is 20. The monoisotopic (exact) mass is 1130 g/mol. The van der Waals surface area contributed by atoms with E-state index in [0.717, 1.165) is 61.6 Å². The van der Waals surface area contributed by atoms with Crippen LogP contribution in [0, 0.1) is 0 Å². The largest absolute Gasteiger partial charge is 0.382 e. The smallest absolute Gasteiger partial charge is 0.255 e. The molecule has 4 aromatic heterocycles. The van der Waals surface area contributed by atoms with Crippen molar-refractivity contribution in [2.75, 3.05) is 30.3 Å². The van der Waals surface area contributed by atoms with Gasteiger partial charge in [-0.3, -0.25) is 19.2 Å². The third-order valence-corrected chi connectivity index (χ3v) is 16.3. The van der Waals surface area contributed by atoms with E-state index >= 15 is 0 Å². The molecule has 6 heterocycles. The summed E-state index contributed by atoms with van der Waals surface area (Å²) in [5, 5.41) is 63.7. The van der Waals surface area contributed by atoms with Gasteiger partial charge in [0.05, 0.1) is 22.8 Å². The number of nitrogens with zero attached hydrogens (tertiary/aromatic N) is 8. The number of thiazole rings is 2. The van der Waals surface area contributed by atoms with Gasteiger partial charge in [-0.1, -0.05) is 86.6 Å². The van der Waals surface area contributed by atoms with Crippen molar-refractivity contribution in [3.8, 4) is 11.4 Å². The number of Topliss-reactive ketones (excluding diaryl/α,β-unsaturated/α-hetero) is 2. The standard InChI is InChI=1S/C31H35N5O4S.C30H33N5O4S/c1-19(2)33-31-34-25(18-41-31)27-24-8-5-4-7-22(24)13-16-35(27)30(40)29(39)28(38)26(37)17-20(3)21-9-11-23(12-10-21)36-15-6-14-32-36;1-3-31-30-33-24(18-40-30)26-23-8-5-4-7-21(23)13-16-34(26)29(39)28(38)27(37)25(36)17-19(2)20-9-11-22(12-10-20)35-15-6-14-32-35/h4-12,14-15,18-20,27-29,38-39H,13,16-17H2,1-3H3,(H,33,34);4-12,14-15,18-19,26-28,37-38H,3,13,16-17H2,1-2H3,(H,31,33)/t20-,27+,28-,29+;19-,26+,27-,28+/m00/s1. The van der Waals surface area contributed by atoms with Crippen LogP contribution in [0.2, 0.25) is 0 Å². The molecule has 0 saturated carbocycles. The first-order valence-electron chi connectivity index (χ1n) is 27.3. The molecule has 2 amide bonds. The zero-order chi connectivity index (χ0) is 57.3. The van der Waals surface area contributed by atoms with Gasteiger partial charge in [0.15, 0.2) is 34.0 Å². The number of aliphatic hydroxyl groups is 4. The number of amides is 2. The summed E-state index contributed by atoms with van der Waals surface area (Å²) in [6.07, 6.45) is 0.842. The number of carbonyl (C=O) groups excluding carboxylic acids is 4. The Kier molecular flexibility index (Phi) is 18.8. The van der Waals surface area contributed by atoms with Crippen LogP contribution in [0.3, 0.4) is 0 Å². The molecule has 4 aromatic carbocycles. The first-order valence-corrected chi connectivity index (χ1v) is 29.0. The predicted molar refractivity (Wildman–Crippen MR) is 312 cm³/mol. The molecule has 0 fully saturated rings. The molecule has 0 unspecified atom stereocenters. The molecule has 0 aliphatic carbocycles. The molecule has 0 radical (unpaired) electrons. The predicted octanol–water partition coefficient (Wildman–Crippen LogP) is 7.83. The van der Waals surface area contributed by atoms with E-state index in [2.05, 4.69) is 25.8 Å². The van der Waals surface area contributed by atoms with Gasteiger partial charge in [-0.25, -0.2) is 19.3 Å². The minimum Gasteiger partial charge on any atom is -0.382 e. The van der Waals surface area contributed by atoms with E-state index in [1.54, 1.807) is 21.8 Å². The Morgan fingerprint density at radius 3 is 1.40 bits per heavy atom. The number of anilines is 2. The Labute approximate surface area is 478 Å². The Morgan fingerprint density at radius 2 is 0.988 bits per heavy atom. The maximum atomic E-state index is 13.6. The maximum absolute atomic E-state index is 13.6. The van der Waals surface area contributed by atoms with E-state index in [9.17, 15) is 39.6 Å². The maximum Gasteiger partial charge on any atom is 0.255 e. The molecule has 18 nitrogen and oxygen atoms in total. The molecule has 10 rings (SSSR count). The van der Waals surface area contributed by atoms with Crippen LogP contribution in [-0.4, -0.2) is 133 Å². The van der Waals surface area contributed by atoms with Crippen molar-refractivity contribution in [2.24, 2.45) is 0 Å². The highest BCUT2D eigenvalue weighted by Crippen LogP contribution is 2.39. The molecule has 8 aromatic rings. The summed E-state index contributed by atoms with van der Waals surface area (Å²) in [6, 6.07) is 33.8. The number of benzene rings is 4. The van der Waals surface area contributed by atoms with E-state index < -0.39 is 59.9 Å². The zero-order valence-corrected chi connectivity index (χ0v) is 47.5. The van der Waals surface area contributed by atoms with E-state index in [1.165, 1.54) is 32.5 Å². The molecule has 8 atom stereocenters. The molecule has 422 valence electrons. The minimum atomic E-state index is -1.88. The van der Waals surface area contributed by atoms with E-state index in [0.29, 0.717) is 37.3 Å². The van der Waals surface area contributed by atoms with Crippen LogP contribution in [0.5, 0.6) is 0 Å². The quantitative estimate of drug-likeness (QED) is 0.0427. The highest BCUT2D eigenvalue weighted by Gasteiger charge is 2.42. The summed E-state index contributed by atoms with van der Waals surface area (Å²) >= 11 is 2.90. The summed E-state index contributed by atoms with van der Waals surface area (Å²) < 4.78 is 3.48. The molecule has 2 aliphatic heterocycles. The lowest BCUT2D eigenvalue weighted by atomic mass is 9.89. The van der Waals surface area contributed by atoms with Gasteiger partial charge in [-0.2, -0.15) is 10.2 Å². The second kappa shape index (κ2) is 26.3. The molecule has 0 saturated heterocycles. The number of aliphatic hydroxyl groups excluding tert-OH is 4. The zero-order valence-electron chi connectivity index (χ0n) is 45.8. The minimum absolute atomic E-state index is 0.0168. The van der Waals surface area contributed by atoms with Crippen molar-refractivity contribution in [1.29, 1.82) is 0 Å². The second-order valence-electron chi connectivity index (χ2n) is 20.8. The lowest BCUT2D eigenvalue weighted by molar-refractivity contribution is -0.154. The van der Waals surface area contributed by atoms with Crippen LogP contribution in [0.4, 0.5) is 10.3 Å². The highest BCUT2D eigenvalue weighted by atomic mass is 32.1. The van der Waals surface area contributed by atoms with Crippen LogP contribution >= 0.6 is 22.7 Å². The summed E-state index contributed by atoms with van der Waals surface area (Å²) in [5.74, 6) is -2.97. The highest BCUT2D eigenvalue weighted by molar-refractivity contribution is 7.14. The third kappa shape index (κ3) is 13.4. The van der Waals surface area contributed by atoms with Gasteiger partial charge in [-0.05, 0) is 115 Å². The first-order chi connectivity index (χ1) is 39.1. The van der Waals surface area contributed by atoms with E-state index in [-0.39, 0.29) is 30.7 Å². The van der Waals surface area contributed by atoms with Crippen LogP contribution in [0.15, 0.2) is 145 Å². The van der Waals surface area contributed by atoms with Crippen LogP contribution < -0.4 is 10.6 Å². The van der Waals surface area contributed by atoms with Gasteiger partial charge in [-0.15, -0.1) is 22.7 Å². The Balaban J connectivity index is 0.000000196. The molecule has 0 spiro atoms. The number of nitrogens with one attached hydrogen (secondary N) is 2. The summed E-state index contributed by atoms with van der Waals surface area (Å²) in [4.78, 5) is 65.8. The molecule has 20 heteroatoms. The number of ketones is 2. The van der Waals surface area contributed by atoms with Gasteiger partial charge in [0.2, 0.25) is 0 Å². The fraction of sp³-hybridized carbons (Fsp3) is 0.344. The van der Waals surface area contributed by atoms with Crippen molar-refractivity contribution < 1.29 is 39.6 Å². The van der Waals surface area contributed by atoms with Crippen molar-refractivity contribution in [3.63, 3.8) is 0 Å². The molecular weight excluding hydrogens is 1060 g/mol. The molecule has 0 bridgehead atoms. The lowest BCUT2D eigenvalue weighted by Crippen LogP contribution is -2.51. The van der Waals surface area contributed by atoms with E-state index in [1.807, 2.05) is 167 Å². The van der Waals surface area contributed by atoms with Gasteiger partial charge in [0, 0.05) is 74.1 Å². The van der Waals surface area contributed by atoms with Crippen molar-refractivity contribution in [1.82, 2.24) is 39.3 Å². The first kappa shape index (κ1) is 58.0. The second-order valence-corrected chi connectivity index (χ2v) is 22.5.